The third kappa shape index (κ3) is 4.70. The summed E-state index contributed by atoms with van der Waals surface area (Å²) in [4.78, 5) is 27.4. The minimum Gasteiger partial charge on any atom is -0.352 e. The van der Waals surface area contributed by atoms with Crippen molar-refractivity contribution in [2.75, 3.05) is 31.1 Å². The number of fused-ring (bicyclic) bond motifs is 1. The molecule has 0 bridgehead atoms. The van der Waals surface area contributed by atoms with Crippen LogP contribution in [0.15, 0.2) is 54.6 Å². The summed E-state index contributed by atoms with van der Waals surface area (Å²) in [7, 11) is 0. The molecule has 0 atom stereocenters. The molecule has 1 saturated heterocycles. The molecule has 0 spiro atoms. The average Bonchev–Trinajstić information content (AvgIpc) is 3.28. The van der Waals surface area contributed by atoms with E-state index in [4.69, 9.17) is 15.1 Å². The summed E-state index contributed by atoms with van der Waals surface area (Å²) < 4.78 is 1.94. The van der Waals surface area contributed by atoms with Gasteiger partial charge in [-0.1, -0.05) is 50.6 Å². The SMILES string of the molecule is CCCCc1nc(N2CCN(C(=O)c3ccc(CC)cc3)CC2)c2c(C)nn(-c3ccccc3)c2n1. The van der Waals surface area contributed by atoms with E-state index in [0.29, 0.717) is 13.1 Å². The van der Waals surface area contributed by atoms with Gasteiger partial charge in [0.05, 0.1) is 16.8 Å². The Balaban J connectivity index is 1.44. The number of hydrogen-bond acceptors (Lipinski definition) is 5. The van der Waals surface area contributed by atoms with Gasteiger partial charge >= 0.3 is 0 Å². The Morgan fingerprint density at radius 3 is 2.31 bits per heavy atom. The van der Waals surface area contributed by atoms with Gasteiger partial charge in [-0.3, -0.25) is 4.79 Å². The Kier molecular flexibility index (Phi) is 6.98. The van der Waals surface area contributed by atoms with Gasteiger partial charge < -0.3 is 9.80 Å². The fourth-order valence-corrected chi connectivity index (χ4v) is 4.82. The Morgan fingerprint density at radius 1 is 0.917 bits per heavy atom. The zero-order valence-corrected chi connectivity index (χ0v) is 21.4. The van der Waals surface area contributed by atoms with Crippen LogP contribution in [0.3, 0.4) is 0 Å². The van der Waals surface area contributed by atoms with Crippen LogP contribution in [0.4, 0.5) is 5.82 Å². The van der Waals surface area contributed by atoms with E-state index < -0.39 is 0 Å². The lowest BCUT2D eigenvalue weighted by Crippen LogP contribution is -2.49. The Hall–Kier alpha value is -3.74. The molecule has 186 valence electrons. The van der Waals surface area contributed by atoms with Crippen molar-refractivity contribution in [3.8, 4) is 5.69 Å². The number of unbranched alkanes of at least 4 members (excludes halogenated alkanes) is 1. The standard InChI is InChI=1S/C29H34N6O/c1-4-6-12-25-30-27(26-21(3)32-35(28(26)31-25)24-10-8-7-9-11-24)33-17-19-34(20-18-33)29(36)23-15-13-22(5-2)14-16-23/h7-11,13-16H,4-6,12,17-20H2,1-3H3. The number of para-hydroxylation sites is 1. The highest BCUT2D eigenvalue weighted by atomic mass is 16.2. The van der Waals surface area contributed by atoms with E-state index >= 15 is 0 Å². The molecule has 2 aromatic carbocycles. The highest BCUT2D eigenvalue weighted by Gasteiger charge is 2.27. The number of carbonyl (C=O) groups excluding carboxylic acids is 1. The zero-order chi connectivity index (χ0) is 25.1. The number of carbonyl (C=O) groups is 1. The molecule has 0 N–H and O–H groups in total. The smallest absolute Gasteiger partial charge is 0.253 e. The van der Waals surface area contributed by atoms with Crippen molar-refractivity contribution in [2.24, 2.45) is 0 Å². The first kappa shape index (κ1) is 24.0. The number of aryl methyl sites for hydroxylation is 3. The topological polar surface area (TPSA) is 67.2 Å². The van der Waals surface area contributed by atoms with Gasteiger partial charge in [0.15, 0.2) is 5.65 Å². The first-order valence-corrected chi connectivity index (χ1v) is 13.0. The largest absolute Gasteiger partial charge is 0.352 e. The maximum Gasteiger partial charge on any atom is 0.253 e. The van der Waals surface area contributed by atoms with Crippen molar-refractivity contribution in [3.63, 3.8) is 0 Å². The van der Waals surface area contributed by atoms with Gasteiger partial charge in [0.1, 0.15) is 11.6 Å². The van der Waals surface area contributed by atoms with Crippen molar-refractivity contribution in [2.45, 2.75) is 46.5 Å². The molecule has 1 aliphatic rings. The summed E-state index contributed by atoms with van der Waals surface area (Å²) in [6.07, 6.45) is 3.95. The molecule has 36 heavy (non-hydrogen) atoms. The minimum absolute atomic E-state index is 0.0989. The van der Waals surface area contributed by atoms with Crippen LogP contribution in [-0.2, 0) is 12.8 Å². The molecular weight excluding hydrogens is 448 g/mol. The van der Waals surface area contributed by atoms with E-state index in [1.807, 2.05) is 59.0 Å². The molecule has 0 aliphatic carbocycles. The van der Waals surface area contributed by atoms with Crippen LogP contribution in [0.25, 0.3) is 16.7 Å². The number of piperazine rings is 1. The summed E-state index contributed by atoms with van der Waals surface area (Å²) >= 11 is 0. The fourth-order valence-electron chi connectivity index (χ4n) is 4.82. The highest BCUT2D eigenvalue weighted by Crippen LogP contribution is 2.30. The van der Waals surface area contributed by atoms with Crippen LogP contribution < -0.4 is 4.90 Å². The molecule has 1 amide bonds. The normalized spacial score (nSPS) is 14.0. The van der Waals surface area contributed by atoms with Gasteiger partial charge in [0, 0.05) is 38.2 Å². The molecule has 1 aliphatic heterocycles. The van der Waals surface area contributed by atoms with E-state index in [1.54, 1.807) is 0 Å². The number of aromatic nitrogens is 4. The molecule has 7 heteroatoms. The van der Waals surface area contributed by atoms with E-state index in [-0.39, 0.29) is 5.91 Å². The molecule has 0 unspecified atom stereocenters. The lowest BCUT2D eigenvalue weighted by Gasteiger charge is -2.36. The quantitative estimate of drug-likeness (QED) is 0.371. The van der Waals surface area contributed by atoms with Crippen molar-refractivity contribution in [3.05, 3.63) is 77.2 Å². The van der Waals surface area contributed by atoms with Crippen LogP contribution in [0.1, 0.15) is 54.1 Å². The summed E-state index contributed by atoms with van der Waals surface area (Å²) in [6.45, 7) is 9.12. The van der Waals surface area contributed by atoms with Crippen molar-refractivity contribution in [1.82, 2.24) is 24.6 Å². The number of hydrogen-bond donors (Lipinski definition) is 0. The maximum absolute atomic E-state index is 13.1. The first-order valence-electron chi connectivity index (χ1n) is 13.0. The Bertz CT molecular complexity index is 1340. The molecule has 3 heterocycles. The highest BCUT2D eigenvalue weighted by molar-refractivity contribution is 5.95. The van der Waals surface area contributed by atoms with Gasteiger partial charge in [-0.25, -0.2) is 14.6 Å². The van der Waals surface area contributed by atoms with Gasteiger partial charge in [0.2, 0.25) is 0 Å². The Morgan fingerprint density at radius 2 is 1.64 bits per heavy atom. The number of rotatable bonds is 7. The number of nitrogens with zero attached hydrogens (tertiary/aromatic N) is 6. The monoisotopic (exact) mass is 482 g/mol. The van der Waals surface area contributed by atoms with Crippen LogP contribution in [0, 0.1) is 6.92 Å². The molecule has 4 aromatic rings. The van der Waals surface area contributed by atoms with Gasteiger partial charge in [-0.05, 0) is 49.6 Å². The first-order chi connectivity index (χ1) is 17.6. The zero-order valence-electron chi connectivity index (χ0n) is 21.4. The van der Waals surface area contributed by atoms with E-state index in [2.05, 4.69) is 30.9 Å². The minimum atomic E-state index is 0.0989. The summed E-state index contributed by atoms with van der Waals surface area (Å²) in [5, 5.41) is 5.85. The second-order valence-corrected chi connectivity index (χ2v) is 9.43. The summed E-state index contributed by atoms with van der Waals surface area (Å²) in [6, 6.07) is 18.1. The lowest BCUT2D eigenvalue weighted by molar-refractivity contribution is 0.0746. The molecule has 0 saturated carbocycles. The molecule has 2 aromatic heterocycles. The lowest BCUT2D eigenvalue weighted by atomic mass is 10.1. The van der Waals surface area contributed by atoms with E-state index in [0.717, 1.165) is 78.4 Å². The van der Waals surface area contributed by atoms with Crippen molar-refractivity contribution in [1.29, 1.82) is 0 Å². The predicted molar refractivity (Wildman–Crippen MR) is 144 cm³/mol. The number of benzene rings is 2. The molecule has 5 rings (SSSR count). The van der Waals surface area contributed by atoms with Crippen LogP contribution in [-0.4, -0.2) is 56.7 Å². The van der Waals surface area contributed by atoms with Gasteiger partial charge in [-0.15, -0.1) is 0 Å². The third-order valence-electron chi connectivity index (χ3n) is 6.96. The van der Waals surface area contributed by atoms with Crippen molar-refractivity contribution >= 4 is 22.8 Å². The third-order valence-corrected chi connectivity index (χ3v) is 6.96. The van der Waals surface area contributed by atoms with Crippen LogP contribution in [0.5, 0.6) is 0 Å². The summed E-state index contributed by atoms with van der Waals surface area (Å²) in [5.41, 5.74) is 4.76. The molecule has 7 nitrogen and oxygen atoms in total. The average molecular weight is 483 g/mol. The number of amides is 1. The predicted octanol–water partition coefficient (Wildman–Crippen LogP) is 4.99. The second kappa shape index (κ2) is 10.5. The molecule has 0 radical (unpaired) electrons. The summed E-state index contributed by atoms with van der Waals surface area (Å²) in [5.74, 6) is 1.89. The maximum atomic E-state index is 13.1. The Labute approximate surface area is 212 Å². The van der Waals surface area contributed by atoms with Gasteiger partial charge in [0.25, 0.3) is 5.91 Å². The van der Waals surface area contributed by atoms with Crippen molar-refractivity contribution < 1.29 is 4.79 Å². The van der Waals surface area contributed by atoms with Crippen LogP contribution >= 0.6 is 0 Å². The fraction of sp³-hybridized carbons (Fsp3) is 0.379. The van der Waals surface area contributed by atoms with E-state index in [9.17, 15) is 4.79 Å². The second-order valence-electron chi connectivity index (χ2n) is 9.43. The number of anilines is 1. The van der Waals surface area contributed by atoms with Gasteiger partial charge in [-0.2, -0.15) is 5.10 Å². The molecular formula is C29H34N6O. The van der Waals surface area contributed by atoms with E-state index in [1.165, 1.54) is 5.56 Å². The van der Waals surface area contributed by atoms with Crippen LogP contribution in [0.2, 0.25) is 0 Å². The molecule has 1 fully saturated rings.